The van der Waals surface area contributed by atoms with Crippen LogP contribution < -0.4 is 0 Å². The second-order valence-electron chi connectivity index (χ2n) is 4.18. The maximum absolute atomic E-state index is 11.8. The lowest BCUT2D eigenvalue weighted by Crippen LogP contribution is -1.99. The molecule has 0 aliphatic rings. The molecule has 0 fully saturated rings. The molecule has 1 aromatic rings. The monoisotopic (exact) mass is 232 g/mol. The Kier molecular flexibility index (Phi) is 6.08. The van der Waals surface area contributed by atoms with Gasteiger partial charge in [0.15, 0.2) is 5.78 Å². The molecule has 2 nitrogen and oxygen atoms in total. The summed E-state index contributed by atoms with van der Waals surface area (Å²) in [5.41, 5.74) is 0.443. The lowest BCUT2D eigenvalue weighted by Gasteiger charge is -2.03. The fourth-order valence-electron chi connectivity index (χ4n) is 1.77. The van der Waals surface area contributed by atoms with Gasteiger partial charge in [-0.15, -0.1) is 6.58 Å². The van der Waals surface area contributed by atoms with Crippen molar-refractivity contribution in [3.8, 4) is 5.75 Å². The SMILES string of the molecule is C=CCCCCCCC(=O)c1ccccc1O. The van der Waals surface area contributed by atoms with Gasteiger partial charge in [0.25, 0.3) is 0 Å². The number of unbranched alkanes of at least 4 members (excludes halogenated alkanes) is 4. The van der Waals surface area contributed by atoms with Crippen molar-refractivity contribution >= 4 is 5.78 Å². The van der Waals surface area contributed by atoms with Crippen molar-refractivity contribution in [2.45, 2.75) is 38.5 Å². The summed E-state index contributed by atoms with van der Waals surface area (Å²) in [6, 6.07) is 6.73. The van der Waals surface area contributed by atoms with Crippen LogP contribution in [-0.4, -0.2) is 10.9 Å². The Morgan fingerprint density at radius 1 is 1.18 bits per heavy atom. The second-order valence-corrected chi connectivity index (χ2v) is 4.18. The van der Waals surface area contributed by atoms with Crippen LogP contribution in [0.25, 0.3) is 0 Å². The van der Waals surface area contributed by atoms with Crippen LogP contribution in [0.5, 0.6) is 5.75 Å². The van der Waals surface area contributed by atoms with Crippen molar-refractivity contribution in [3.05, 3.63) is 42.5 Å². The van der Waals surface area contributed by atoms with E-state index in [1.54, 1.807) is 24.3 Å². The van der Waals surface area contributed by atoms with Crippen LogP contribution >= 0.6 is 0 Å². The zero-order valence-corrected chi connectivity index (χ0v) is 10.2. The maximum Gasteiger partial charge on any atom is 0.166 e. The molecule has 1 rings (SSSR count). The molecule has 0 radical (unpaired) electrons. The van der Waals surface area contributed by atoms with Gasteiger partial charge >= 0.3 is 0 Å². The fraction of sp³-hybridized carbons (Fsp3) is 0.400. The van der Waals surface area contributed by atoms with Crippen LogP contribution in [0.3, 0.4) is 0 Å². The molecule has 0 amide bonds. The summed E-state index contributed by atoms with van der Waals surface area (Å²) in [7, 11) is 0. The molecule has 0 unspecified atom stereocenters. The molecule has 0 aliphatic heterocycles. The topological polar surface area (TPSA) is 37.3 Å². The highest BCUT2D eigenvalue weighted by atomic mass is 16.3. The number of phenolic OH excluding ortho intramolecular Hbond substituents is 1. The summed E-state index contributed by atoms with van der Waals surface area (Å²) in [6.07, 6.45) is 7.73. The lowest BCUT2D eigenvalue weighted by molar-refractivity contribution is 0.0976. The van der Waals surface area contributed by atoms with E-state index in [1.165, 1.54) is 0 Å². The van der Waals surface area contributed by atoms with Crippen molar-refractivity contribution in [1.29, 1.82) is 0 Å². The van der Waals surface area contributed by atoms with Crippen molar-refractivity contribution in [2.75, 3.05) is 0 Å². The number of aromatic hydroxyl groups is 1. The van der Waals surface area contributed by atoms with Crippen LogP contribution in [0.15, 0.2) is 36.9 Å². The standard InChI is InChI=1S/C15H20O2/c1-2-3-4-5-6-7-11-14(16)13-10-8-9-12-15(13)17/h2,8-10,12,17H,1,3-7,11H2. The molecule has 0 aromatic heterocycles. The van der Waals surface area contributed by atoms with Crippen molar-refractivity contribution in [3.63, 3.8) is 0 Å². The Balaban J connectivity index is 2.26. The lowest BCUT2D eigenvalue weighted by atomic mass is 10.0. The van der Waals surface area contributed by atoms with Gasteiger partial charge in [0, 0.05) is 6.42 Å². The second kappa shape index (κ2) is 7.66. The Hall–Kier alpha value is -1.57. The Morgan fingerprint density at radius 2 is 1.88 bits per heavy atom. The third-order valence-electron chi connectivity index (χ3n) is 2.77. The van der Waals surface area contributed by atoms with E-state index < -0.39 is 0 Å². The number of rotatable bonds is 8. The number of carbonyl (C=O) groups excluding carboxylic acids is 1. The normalized spacial score (nSPS) is 10.1. The van der Waals surface area contributed by atoms with Crippen molar-refractivity contribution in [1.82, 2.24) is 0 Å². The first-order chi connectivity index (χ1) is 8.25. The Morgan fingerprint density at radius 3 is 2.59 bits per heavy atom. The number of allylic oxidation sites excluding steroid dienone is 1. The molecule has 0 heterocycles. The van der Waals surface area contributed by atoms with E-state index in [2.05, 4.69) is 6.58 Å². The first-order valence-corrected chi connectivity index (χ1v) is 6.18. The first-order valence-electron chi connectivity index (χ1n) is 6.18. The number of para-hydroxylation sites is 1. The molecular weight excluding hydrogens is 212 g/mol. The Labute approximate surface area is 103 Å². The number of Topliss-reactive ketones (excluding diaryl/α,β-unsaturated/α-hetero) is 1. The largest absolute Gasteiger partial charge is 0.507 e. The van der Waals surface area contributed by atoms with E-state index in [0.29, 0.717) is 12.0 Å². The van der Waals surface area contributed by atoms with Crippen LogP contribution in [-0.2, 0) is 0 Å². The highest BCUT2D eigenvalue weighted by Gasteiger charge is 2.09. The molecule has 1 aromatic carbocycles. The maximum atomic E-state index is 11.8. The quantitative estimate of drug-likeness (QED) is 0.416. The molecule has 0 saturated heterocycles. The number of hydrogen-bond donors (Lipinski definition) is 1. The third kappa shape index (κ3) is 4.85. The van der Waals surface area contributed by atoms with Gasteiger partial charge in [0.2, 0.25) is 0 Å². The molecule has 0 saturated carbocycles. The molecule has 0 aliphatic carbocycles. The van der Waals surface area contributed by atoms with E-state index in [-0.39, 0.29) is 11.5 Å². The first kappa shape index (κ1) is 13.5. The summed E-state index contributed by atoms with van der Waals surface area (Å²) >= 11 is 0. The highest BCUT2D eigenvalue weighted by molar-refractivity contribution is 5.98. The van der Waals surface area contributed by atoms with Crippen LogP contribution in [0, 0.1) is 0 Å². The van der Waals surface area contributed by atoms with Gasteiger partial charge in [0.1, 0.15) is 5.75 Å². The fourth-order valence-corrected chi connectivity index (χ4v) is 1.77. The average Bonchev–Trinajstić information content (AvgIpc) is 2.34. The van der Waals surface area contributed by atoms with E-state index in [9.17, 15) is 9.90 Å². The van der Waals surface area contributed by atoms with Gasteiger partial charge in [-0.3, -0.25) is 4.79 Å². The van der Waals surface area contributed by atoms with Gasteiger partial charge in [-0.1, -0.05) is 31.1 Å². The van der Waals surface area contributed by atoms with E-state index >= 15 is 0 Å². The van der Waals surface area contributed by atoms with Gasteiger partial charge in [-0.25, -0.2) is 0 Å². The van der Waals surface area contributed by atoms with E-state index in [4.69, 9.17) is 0 Å². The zero-order valence-electron chi connectivity index (χ0n) is 10.2. The number of benzene rings is 1. The average molecular weight is 232 g/mol. The number of phenols is 1. The predicted molar refractivity (Wildman–Crippen MR) is 70.3 cm³/mol. The predicted octanol–water partition coefficient (Wildman–Crippen LogP) is 4.10. The Bertz CT molecular complexity index is 369. The summed E-state index contributed by atoms with van der Waals surface area (Å²) in [5, 5.41) is 9.52. The van der Waals surface area contributed by atoms with Crippen LogP contribution in [0.4, 0.5) is 0 Å². The third-order valence-corrected chi connectivity index (χ3v) is 2.77. The number of carbonyl (C=O) groups is 1. The van der Waals surface area contributed by atoms with Crippen molar-refractivity contribution < 1.29 is 9.90 Å². The number of ketones is 1. The highest BCUT2D eigenvalue weighted by Crippen LogP contribution is 2.18. The molecule has 0 spiro atoms. The van der Waals surface area contributed by atoms with Crippen LogP contribution in [0.2, 0.25) is 0 Å². The summed E-state index contributed by atoms with van der Waals surface area (Å²) in [6.45, 7) is 3.67. The van der Waals surface area contributed by atoms with E-state index in [0.717, 1.165) is 32.1 Å². The van der Waals surface area contributed by atoms with Gasteiger partial charge < -0.3 is 5.11 Å². The molecule has 92 valence electrons. The van der Waals surface area contributed by atoms with Gasteiger partial charge in [-0.2, -0.15) is 0 Å². The molecule has 17 heavy (non-hydrogen) atoms. The molecule has 1 N–H and O–H groups in total. The van der Waals surface area contributed by atoms with Gasteiger partial charge in [-0.05, 0) is 31.4 Å². The molecular formula is C15H20O2. The van der Waals surface area contributed by atoms with Crippen molar-refractivity contribution in [2.24, 2.45) is 0 Å². The van der Waals surface area contributed by atoms with E-state index in [1.807, 2.05) is 6.08 Å². The zero-order chi connectivity index (χ0) is 12.5. The molecule has 0 bridgehead atoms. The number of hydrogen-bond acceptors (Lipinski definition) is 2. The van der Waals surface area contributed by atoms with Gasteiger partial charge in [0.05, 0.1) is 5.56 Å². The van der Waals surface area contributed by atoms with Crippen LogP contribution in [0.1, 0.15) is 48.9 Å². The minimum Gasteiger partial charge on any atom is -0.507 e. The minimum atomic E-state index is 0.0341. The minimum absolute atomic E-state index is 0.0341. The smallest absolute Gasteiger partial charge is 0.166 e. The summed E-state index contributed by atoms with van der Waals surface area (Å²) < 4.78 is 0. The summed E-state index contributed by atoms with van der Waals surface area (Å²) in [5.74, 6) is 0.121. The summed E-state index contributed by atoms with van der Waals surface area (Å²) in [4.78, 5) is 11.8. The molecule has 2 heteroatoms. The molecule has 0 atom stereocenters.